The maximum Gasteiger partial charge on any atom is 0.392 e. The SMILES string of the molecule is COC(=O)C(C)(CCC(C(C)(C)C)C(F)(F)F)SCCC(F)(F)F. The van der Waals surface area contributed by atoms with Crippen LogP contribution in [0.1, 0.15) is 47.0 Å². The van der Waals surface area contributed by atoms with Gasteiger partial charge >= 0.3 is 18.3 Å². The van der Waals surface area contributed by atoms with Crippen molar-refractivity contribution in [1.29, 1.82) is 0 Å². The minimum Gasteiger partial charge on any atom is -0.468 e. The average molecular weight is 382 g/mol. The van der Waals surface area contributed by atoms with Gasteiger partial charge in [-0.05, 0) is 25.2 Å². The molecule has 0 spiro atoms. The first-order valence-corrected chi connectivity index (χ1v) is 8.37. The van der Waals surface area contributed by atoms with E-state index < -0.39 is 46.6 Å². The van der Waals surface area contributed by atoms with Gasteiger partial charge in [0.15, 0.2) is 0 Å². The Morgan fingerprint density at radius 2 is 1.50 bits per heavy atom. The third-order valence-electron chi connectivity index (χ3n) is 3.77. The lowest BCUT2D eigenvalue weighted by Gasteiger charge is -2.35. The first-order chi connectivity index (χ1) is 10.5. The molecule has 2 nitrogen and oxygen atoms in total. The van der Waals surface area contributed by atoms with Crippen LogP contribution in [0, 0.1) is 11.3 Å². The molecule has 0 radical (unpaired) electrons. The highest BCUT2D eigenvalue weighted by Gasteiger charge is 2.48. The molecule has 0 aromatic carbocycles. The van der Waals surface area contributed by atoms with Crippen LogP contribution in [0.3, 0.4) is 0 Å². The van der Waals surface area contributed by atoms with Crippen LogP contribution in [0.2, 0.25) is 0 Å². The van der Waals surface area contributed by atoms with E-state index in [-0.39, 0.29) is 12.8 Å². The molecule has 2 unspecified atom stereocenters. The second-order valence-electron chi connectivity index (χ2n) is 6.93. The lowest BCUT2D eigenvalue weighted by atomic mass is 9.76. The van der Waals surface area contributed by atoms with Crippen molar-refractivity contribution < 1.29 is 35.9 Å². The van der Waals surface area contributed by atoms with Gasteiger partial charge in [-0.2, -0.15) is 26.3 Å². The van der Waals surface area contributed by atoms with Gasteiger partial charge in [0, 0.05) is 5.75 Å². The highest BCUT2D eigenvalue weighted by molar-refractivity contribution is 8.01. The largest absolute Gasteiger partial charge is 0.468 e. The van der Waals surface area contributed by atoms with Crippen LogP contribution in [0.4, 0.5) is 26.3 Å². The number of hydrogen-bond acceptors (Lipinski definition) is 3. The van der Waals surface area contributed by atoms with E-state index in [1.165, 1.54) is 27.7 Å². The summed E-state index contributed by atoms with van der Waals surface area (Å²) >= 11 is 0.685. The van der Waals surface area contributed by atoms with Gasteiger partial charge in [-0.25, -0.2) is 0 Å². The summed E-state index contributed by atoms with van der Waals surface area (Å²) in [7, 11) is 1.07. The summed E-state index contributed by atoms with van der Waals surface area (Å²) in [6.45, 7) is 5.66. The van der Waals surface area contributed by atoms with E-state index in [0.29, 0.717) is 11.8 Å². The molecular formula is C15H24F6O2S. The van der Waals surface area contributed by atoms with Crippen LogP contribution in [0.15, 0.2) is 0 Å². The number of thioether (sulfide) groups is 1. The molecule has 0 aromatic heterocycles. The van der Waals surface area contributed by atoms with Gasteiger partial charge in [-0.1, -0.05) is 20.8 Å². The van der Waals surface area contributed by atoms with Crippen molar-refractivity contribution in [3.63, 3.8) is 0 Å². The predicted octanol–water partition coefficient (Wildman–Crippen LogP) is 5.61. The molecule has 0 aliphatic carbocycles. The first-order valence-electron chi connectivity index (χ1n) is 7.39. The molecule has 2 atom stereocenters. The summed E-state index contributed by atoms with van der Waals surface area (Å²) in [6.07, 6.45) is -10.5. The second kappa shape index (κ2) is 8.19. The van der Waals surface area contributed by atoms with Gasteiger partial charge in [-0.3, -0.25) is 4.79 Å². The molecule has 144 valence electrons. The number of methoxy groups -OCH3 is 1. The molecule has 0 heterocycles. The first kappa shape index (κ1) is 23.4. The highest BCUT2D eigenvalue weighted by Crippen LogP contribution is 2.45. The van der Waals surface area contributed by atoms with Gasteiger partial charge in [-0.15, -0.1) is 11.8 Å². The monoisotopic (exact) mass is 382 g/mol. The van der Waals surface area contributed by atoms with E-state index in [0.717, 1.165) is 7.11 Å². The molecule has 0 rings (SSSR count). The summed E-state index contributed by atoms with van der Waals surface area (Å²) in [5, 5.41) is 0. The number of rotatable bonds is 7. The smallest absolute Gasteiger partial charge is 0.392 e. The fraction of sp³-hybridized carbons (Fsp3) is 0.933. The normalized spacial score (nSPS) is 17.3. The van der Waals surface area contributed by atoms with E-state index in [1.807, 2.05) is 0 Å². The zero-order valence-electron chi connectivity index (χ0n) is 14.4. The van der Waals surface area contributed by atoms with Crippen molar-refractivity contribution in [3.05, 3.63) is 0 Å². The summed E-state index contributed by atoms with van der Waals surface area (Å²) in [5.41, 5.74) is -1.08. The van der Waals surface area contributed by atoms with Crippen LogP contribution >= 0.6 is 11.8 Å². The molecule has 9 heteroatoms. The highest BCUT2D eigenvalue weighted by atomic mass is 32.2. The fourth-order valence-electron chi connectivity index (χ4n) is 2.35. The van der Waals surface area contributed by atoms with Crippen molar-refractivity contribution in [3.8, 4) is 0 Å². The standard InChI is InChI=1S/C15H24F6O2S/c1-12(2,3)10(15(19,20)21)6-7-13(4,11(22)23-5)24-9-8-14(16,17)18/h10H,6-9H2,1-5H3. The molecule has 24 heavy (non-hydrogen) atoms. The number of ether oxygens (including phenoxy) is 1. The predicted molar refractivity (Wildman–Crippen MR) is 81.8 cm³/mol. The average Bonchev–Trinajstić information content (AvgIpc) is 2.32. The second-order valence-corrected chi connectivity index (χ2v) is 8.53. The minimum absolute atomic E-state index is 0.219. The van der Waals surface area contributed by atoms with Crippen LogP contribution in [-0.4, -0.2) is 35.9 Å². The summed E-state index contributed by atoms with van der Waals surface area (Å²) < 4.78 is 79.5. The van der Waals surface area contributed by atoms with E-state index >= 15 is 0 Å². The summed E-state index contributed by atoms with van der Waals surface area (Å²) in [5.74, 6) is -2.90. The molecule has 0 saturated carbocycles. The summed E-state index contributed by atoms with van der Waals surface area (Å²) in [4.78, 5) is 11.9. The van der Waals surface area contributed by atoms with E-state index in [9.17, 15) is 31.1 Å². The lowest BCUT2D eigenvalue weighted by Crippen LogP contribution is -2.39. The number of halogens is 6. The Labute approximate surface area is 142 Å². The van der Waals surface area contributed by atoms with E-state index in [2.05, 4.69) is 4.74 Å². The maximum absolute atomic E-state index is 13.2. The number of carbonyl (C=O) groups is 1. The van der Waals surface area contributed by atoms with E-state index in [1.54, 1.807) is 0 Å². The van der Waals surface area contributed by atoms with Gasteiger partial charge in [0.25, 0.3) is 0 Å². The lowest BCUT2D eigenvalue weighted by molar-refractivity contribution is -0.203. The van der Waals surface area contributed by atoms with Gasteiger partial charge in [0.1, 0.15) is 4.75 Å². The quantitative estimate of drug-likeness (QED) is 0.423. The van der Waals surface area contributed by atoms with Crippen LogP contribution in [-0.2, 0) is 9.53 Å². The molecular weight excluding hydrogens is 358 g/mol. The third kappa shape index (κ3) is 7.98. The Morgan fingerprint density at radius 3 is 1.83 bits per heavy atom. The number of hydrogen-bond donors (Lipinski definition) is 0. The molecule has 0 saturated heterocycles. The molecule has 0 aliphatic rings. The van der Waals surface area contributed by atoms with Crippen molar-refractivity contribution in [2.45, 2.75) is 64.1 Å². The molecule has 0 aromatic rings. The fourth-order valence-corrected chi connectivity index (χ4v) is 3.60. The maximum atomic E-state index is 13.2. The summed E-state index contributed by atoms with van der Waals surface area (Å²) in [6, 6.07) is 0. The van der Waals surface area contributed by atoms with Crippen molar-refractivity contribution >= 4 is 17.7 Å². The zero-order chi connectivity index (χ0) is 19.4. The number of esters is 1. The molecule has 0 amide bonds. The Morgan fingerprint density at radius 1 is 1.00 bits per heavy atom. The minimum atomic E-state index is -4.45. The topological polar surface area (TPSA) is 26.3 Å². The Bertz CT molecular complexity index is 400. The van der Waals surface area contributed by atoms with Crippen LogP contribution in [0.25, 0.3) is 0 Å². The number of alkyl halides is 6. The Balaban J connectivity index is 5.10. The van der Waals surface area contributed by atoms with Crippen LogP contribution in [0.5, 0.6) is 0 Å². The third-order valence-corrected chi connectivity index (χ3v) is 5.19. The van der Waals surface area contributed by atoms with Gasteiger partial charge in [0.05, 0.1) is 19.4 Å². The van der Waals surface area contributed by atoms with Crippen molar-refractivity contribution in [2.75, 3.05) is 12.9 Å². The Hall–Kier alpha value is -0.600. The van der Waals surface area contributed by atoms with Gasteiger partial charge < -0.3 is 4.74 Å². The zero-order valence-corrected chi connectivity index (χ0v) is 15.2. The van der Waals surface area contributed by atoms with Crippen molar-refractivity contribution in [1.82, 2.24) is 0 Å². The van der Waals surface area contributed by atoms with E-state index in [4.69, 9.17) is 0 Å². The molecule has 0 bridgehead atoms. The van der Waals surface area contributed by atoms with Gasteiger partial charge in [0.2, 0.25) is 0 Å². The van der Waals surface area contributed by atoms with Crippen LogP contribution < -0.4 is 0 Å². The van der Waals surface area contributed by atoms with Crippen molar-refractivity contribution in [2.24, 2.45) is 11.3 Å². The molecule has 0 aliphatic heterocycles. The Kier molecular flexibility index (Phi) is 7.98. The molecule has 0 fully saturated rings. The molecule has 0 N–H and O–H groups in total. The number of carbonyl (C=O) groups excluding carboxylic acids is 1.